The predicted molar refractivity (Wildman–Crippen MR) is 234 cm³/mol. The highest BCUT2D eigenvalue weighted by atomic mass is 31.2. The van der Waals surface area contributed by atoms with Gasteiger partial charge in [0.2, 0.25) is 0 Å². The van der Waals surface area contributed by atoms with Gasteiger partial charge in [0.1, 0.15) is 6.61 Å². The number of nitrogens with two attached hydrogens (primary N) is 1. The monoisotopic (exact) mass is 814 g/mol. The summed E-state index contributed by atoms with van der Waals surface area (Å²) in [4.78, 5) is 34.6. The van der Waals surface area contributed by atoms with Gasteiger partial charge >= 0.3 is 19.8 Å². The molecule has 0 saturated heterocycles. The van der Waals surface area contributed by atoms with Crippen LogP contribution in [0.4, 0.5) is 0 Å². The second-order valence-corrected chi connectivity index (χ2v) is 17.1. The van der Waals surface area contributed by atoms with Crippen LogP contribution in [0, 0.1) is 0 Å². The molecule has 0 heterocycles. The summed E-state index contributed by atoms with van der Waals surface area (Å²) in [6.45, 7) is 3.67. The van der Waals surface area contributed by atoms with Crippen molar-refractivity contribution in [1.82, 2.24) is 0 Å². The number of carbonyl (C=O) groups is 2. The molecule has 0 radical (unpaired) electrons. The Morgan fingerprint density at radius 2 is 0.929 bits per heavy atom. The zero-order chi connectivity index (χ0) is 41.1. The Kier molecular flexibility index (Phi) is 41.9. The lowest BCUT2D eigenvalue weighted by atomic mass is 10.0. The normalized spacial score (nSPS) is 13.4. The number of unbranched alkanes of at least 4 members (excludes halogenated alkanes) is 27. The fraction of sp³-hybridized carbons (Fsp3) is 0.870. The van der Waals surface area contributed by atoms with Gasteiger partial charge < -0.3 is 20.1 Å². The van der Waals surface area contributed by atoms with Crippen LogP contribution >= 0.6 is 7.82 Å². The first-order valence-electron chi connectivity index (χ1n) is 23.3. The summed E-state index contributed by atoms with van der Waals surface area (Å²) in [5.41, 5.74) is 5.33. The topological polar surface area (TPSA) is 134 Å². The molecule has 0 spiro atoms. The van der Waals surface area contributed by atoms with E-state index in [-0.39, 0.29) is 38.6 Å². The van der Waals surface area contributed by atoms with Crippen LogP contribution in [0.3, 0.4) is 0 Å². The van der Waals surface area contributed by atoms with Gasteiger partial charge in [0, 0.05) is 19.4 Å². The molecule has 0 aromatic heterocycles. The lowest BCUT2D eigenvalue weighted by Gasteiger charge is -2.19. The maximum absolute atomic E-state index is 12.5. The minimum Gasteiger partial charge on any atom is -0.462 e. The Morgan fingerprint density at radius 1 is 0.536 bits per heavy atom. The molecular weight excluding hydrogens is 725 g/mol. The fourth-order valence-electron chi connectivity index (χ4n) is 6.61. The van der Waals surface area contributed by atoms with Crippen molar-refractivity contribution in [1.29, 1.82) is 0 Å². The van der Waals surface area contributed by atoms with Gasteiger partial charge in [-0.2, -0.15) is 0 Å². The maximum Gasteiger partial charge on any atom is 0.472 e. The number of esters is 2. The van der Waals surface area contributed by atoms with Gasteiger partial charge in [0.15, 0.2) is 6.10 Å². The molecule has 2 atom stereocenters. The summed E-state index contributed by atoms with van der Waals surface area (Å²) in [6.07, 6.45) is 47.0. The van der Waals surface area contributed by atoms with Gasteiger partial charge in [0.05, 0.1) is 13.2 Å². The Balaban J connectivity index is 3.81. The Hall–Kier alpha value is -1.51. The third kappa shape index (κ3) is 42.1. The van der Waals surface area contributed by atoms with Crippen molar-refractivity contribution < 1.29 is 37.6 Å². The van der Waals surface area contributed by atoms with Gasteiger partial charge in [-0.3, -0.25) is 18.6 Å². The summed E-state index contributed by atoms with van der Waals surface area (Å²) >= 11 is 0. The molecular formula is C46H88NO8P. The molecule has 0 aromatic carbocycles. The Bertz CT molecular complexity index is 975. The summed E-state index contributed by atoms with van der Waals surface area (Å²) in [6, 6.07) is 0. The SMILES string of the molecule is CCCCCCC/C=C\C/C=C\CCCCCCCCCCCCCCCCCCCC(=O)OC(COC(=O)CCCCCCCC)COP(=O)(O)OCCN. The number of hydrogen-bond donors (Lipinski definition) is 2. The summed E-state index contributed by atoms with van der Waals surface area (Å²) < 4.78 is 32.6. The first-order chi connectivity index (χ1) is 27.3. The number of phosphoric ester groups is 1. The zero-order valence-electron chi connectivity index (χ0n) is 36.4. The standard InChI is InChI=1S/C46H88NO8P/c1-3-5-7-9-11-12-13-14-15-16-17-18-19-20-21-22-23-24-25-26-27-28-29-30-31-32-33-35-37-39-46(49)55-44(43-54-56(50,51)53-41-40-47)42-52-45(48)38-36-34-10-8-6-4-2/h13-14,16-17,44H,3-12,15,18-43,47H2,1-2H3,(H,50,51)/b14-13-,17-16-. The predicted octanol–water partition coefficient (Wildman–Crippen LogP) is 13.6. The summed E-state index contributed by atoms with van der Waals surface area (Å²) in [5, 5.41) is 0. The molecule has 0 amide bonds. The smallest absolute Gasteiger partial charge is 0.462 e. The van der Waals surface area contributed by atoms with Crippen molar-refractivity contribution in [3.63, 3.8) is 0 Å². The second-order valence-electron chi connectivity index (χ2n) is 15.6. The van der Waals surface area contributed by atoms with Gasteiger partial charge in [-0.1, -0.05) is 192 Å². The molecule has 0 aliphatic heterocycles. The number of ether oxygens (including phenoxy) is 2. The van der Waals surface area contributed by atoms with Crippen molar-refractivity contribution >= 4 is 19.8 Å². The minimum atomic E-state index is -4.36. The van der Waals surface area contributed by atoms with E-state index in [0.29, 0.717) is 6.42 Å². The van der Waals surface area contributed by atoms with E-state index >= 15 is 0 Å². The summed E-state index contributed by atoms with van der Waals surface area (Å²) in [7, 11) is -4.36. The second kappa shape index (κ2) is 43.1. The molecule has 0 fully saturated rings. The Morgan fingerprint density at radius 3 is 1.36 bits per heavy atom. The molecule has 0 aliphatic carbocycles. The molecule has 56 heavy (non-hydrogen) atoms. The van der Waals surface area contributed by atoms with Gasteiger partial charge in [0.25, 0.3) is 0 Å². The third-order valence-electron chi connectivity index (χ3n) is 10.1. The van der Waals surface area contributed by atoms with E-state index in [4.69, 9.17) is 24.3 Å². The lowest BCUT2D eigenvalue weighted by molar-refractivity contribution is -0.161. The number of allylic oxidation sites excluding steroid dienone is 4. The first kappa shape index (κ1) is 54.5. The zero-order valence-corrected chi connectivity index (χ0v) is 37.3. The van der Waals surface area contributed by atoms with Gasteiger partial charge in [-0.05, 0) is 44.9 Å². The van der Waals surface area contributed by atoms with Crippen LogP contribution in [-0.2, 0) is 32.7 Å². The highest BCUT2D eigenvalue weighted by Gasteiger charge is 2.26. The number of phosphoric acid groups is 1. The van der Waals surface area contributed by atoms with Crippen molar-refractivity contribution in [2.75, 3.05) is 26.4 Å². The van der Waals surface area contributed by atoms with E-state index < -0.39 is 26.5 Å². The van der Waals surface area contributed by atoms with Crippen LogP contribution in [0.1, 0.15) is 226 Å². The number of hydrogen-bond acceptors (Lipinski definition) is 8. The van der Waals surface area contributed by atoms with Crippen LogP contribution in [0.5, 0.6) is 0 Å². The molecule has 0 aliphatic rings. The summed E-state index contributed by atoms with van der Waals surface area (Å²) in [5.74, 6) is -0.830. The lowest BCUT2D eigenvalue weighted by Crippen LogP contribution is -2.29. The molecule has 0 rings (SSSR count). The van der Waals surface area contributed by atoms with Crippen molar-refractivity contribution in [3.8, 4) is 0 Å². The third-order valence-corrected chi connectivity index (χ3v) is 11.1. The average Bonchev–Trinajstić information content (AvgIpc) is 3.18. The maximum atomic E-state index is 12.5. The highest BCUT2D eigenvalue weighted by Crippen LogP contribution is 2.43. The van der Waals surface area contributed by atoms with E-state index in [1.807, 2.05) is 0 Å². The van der Waals surface area contributed by atoms with Crippen molar-refractivity contribution in [2.45, 2.75) is 232 Å². The Labute approximate surface area is 344 Å². The quantitative estimate of drug-likeness (QED) is 0.0267. The van der Waals surface area contributed by atoms with E-state index in [1.165, 1.54) is 148 Å². The van der Waals surface area contributed by atoms with Crippen molar-refractivity contribution in [2.24, 2.45) is 5.73 Å². The molecule has 3 N–H and O–H groups in total. The molecule has 0 bridgehead atoms. The minimum absolute atomic E-state index is 0.0555. The largest absolute Gasteiger partial charge is 0.472 e. The van der Waals surface area contributed by atoms with Gasteiger partial charge in [-0.15, -0.1) is 0 Å². The molecule has 330 valence electrons. The van der Waals surface area contributed by atoms with Gasteiger partial charge in [-0.25, -0.2) is 4.57 Å². The molecule has 0 aromatic rings. The molecule has 2 unspecified atom stereocenters. The number of rotatable bonds is 44. The molecule has 9 nitrogen and oxygen atoms in total. The van der Waals surface area contributed by atoms with Crippen molar-refractivity contribution in [3.05, 3.63) is 24.3 Å². The van der Waals surface area contributed by atoms with Crippen LogP contribution in [0.2, 0.25) is 0 Å². The van der Waals surface area contributed by atoms with Crippen LogP contribution in [0.25, 0.3) is 0 Å². The van der Waals surface area contributed by atoms with E-state index in [2.05, 4.69) is 38.2 Å². The van der Waals surface area contributed by atoms with Crippen LogP contribution in [0.15, 0.2) is 24.3 Å². The van der Waals surface area contributed by atoms with E-state index in [9.17, 15) is 19.0 Å². The van der Waals surface area contributed by atoms with E-state index in [0.717, 1.165) is 44.9 Å². The first-order valence-corrected chi connectivity index (χ1v) is 24.8. The fourth-order valence-corrected chi connectivity index (χ4v) is 7.37. The average molecular weight is 814 g/mol. The van der Waals surface area contributed by atoms with E-state index in [1.54, 1.807) is 0 Å². The molecule has 10 heteroatoms. The highest BCUT2D eigenvalue weighted by molar-refractivity contribution is 7.47. The number of carbonyl (C=O) groups excluding carboxylic acids is 2. The van der Waals surface area contributed by atoms with Crippen LogP contribution < -0.4 is 5.73 Å². The molecule has 0 saturated carbocycles. The van der Waals surface area contributed by atoms with Crippen LogP contribution in [-0.4, -0.2) is 49.3 Å².